The van der Waals surface area contributed by atoms with Crippen molar-refractivity contribution < 1.29 is 18.3 Å². The first-order chi connectivity index (χ1) is 6.92. The summed E-state index contributed by atoms with van der Waals surface area (Å²) in [5, 5.41) is 9.05. The number of unbranched alkanes of at least 4 members (excludes halogenated alkanes) is 1. The minimum atomic E-state index is -2.63. The number of carbonyl (C=O) groups is 1. The number of rotatable bonds is 8. The van der Waals surface area contributed by atoms with Gasteiger partial charge in [-0.1, -0.05) is 19.8 Å². The molecule has 1 unspecified atom stereocenters. The molecule has 2 N–H and O–H groups in total. The van der Waals surface area contributed by atoms with Gasteiger partial charge in [0.25, 0.3) is 0 Å². The zero-order chi connectivity index (χ0) is 11.9. The van der Waals surface area contributed by atoms with Gasteiger partial charge in [-0.3, -0.25) is 4.79 Å². The van der Waals surface area contributed by atoms with Crippen LogP contribution in [0.4, 0.5) is 0 Å². The highest BCUT2D eigenvalue weighted by atomic mass is 32.2. The van der Waals surface area contributed by atoms with Gasteiger partial charge in [0.2, 0.25) is 10.9 Å². The Morgan fingerprint density at radius 2 is 2.00 bits per heavy atom. The van der Waals surface area contributed by atoms with Crippen molar-refractivity contribution in [3.8, 4) is 0 Å². The molecule has 0 saturated carbocycles. The molecule has 0 aliphatic carbocycles. The Morgan fingerprint density at radius 3 is 2.40 bits per heavy atom. The van der Waals surface area contributed by atoms with Crippen LogP contribution in [0.2, 0.25) is 0 Å². The maximum atomic E-state index is 11.0. The molecule has 0 aromatic heterocycles. The highest BCUT2D eigenvalue weighted by Crippen LogP contribution is 2.28. The first-order valence-corrected chi connectivity index (χ1v) is 6.21. The van der Waals surface area contributed by atoms with E-state index in [4.69, 9.17) is 5.11 Å². The van der Waals surface area contributed by atoms with Gasteiger partial charge in [-0.25, -0.2) is 13.1 Å². The number of nitrogens with one attached hydrogen (secondary N) is 1. The second kappa shape index (κ2) is 6.79. The number of aliphatic carboxylic acids is 1. The summed E-state index contributed by atoms with van der Waals surface area (Å²) in [6, 6.07) is 0. The van der Waals surface area contributed by atoms with Crippen molar-refractivity contribution >= 4 is 16.9 Å². The molecular weight excluding hydrogens is 218 g/mol. The molecule has 0 bridgehead atoms. The molecule has 0 aliphatic rings. The van der Waals surface area contributed by atoms with Gasteiger partial charge in [0.15, 0.2) is 0 Å². The fraction of sp³-hybridized carbons (Fsp3) is 0.889. The molecule has 0 radical (unpaired) electrons. The average Bonchev–Trinajstić information content (AvgIpc) is 2.14. The van der Waals surface area contributed by atoms with Crippen LogP contribution in [0.3, 0.4) is 0 Å². The Balaban J connectivity index is 4.18. The maximum absolute atomic E-state index is 11.0. The molecule has 0 aromatic carbocycles. The van der Waals surface area contributed by atoms with Crippen LogP contribution < -0.4 is 4.72 Å². The van der Waals surface area contributed by atoms with E-state index in [1.807, 2.05) is 6.92 Å². The smallest absolute Gasteiger partial charge is 0.309 e. The molecule has 0 saturated heterocycles. The summed E-state index contributed by atoms with van der Waals surface area (Å²) >= 11 is 0. The Labute approximate surface area is 92.0 Å². The number of thiol groups is 1. The molecular formula is C9H19NO4S. The van der Waals surface area contributed by atoms with Crippen molar-refractivity contribution in [2.24, 2.45) is 5.41 Å². The standard InChI is InChI=1S/C9H19NO4S/c1-3-4-5-9(2,8(11)12)6-7-10-15(13)14/h15H,3-7H2,1-2H3,(H,11,12)(H,10,13,14). The third-order valence-electron chi connectivity index (χ3n) is 2.52. The van der Waals surface area contributed by atoms with E-state index in [2.05, 4.69) is 4.72 Å². The third-order valence-corrected chi connectivity index (χ3v) is 3.00. The molecule has 1 atom stereocenters. The minimum Gasteiger partial charge on any atom is -0.481 e. The molecule has 0 aromatic rings. The van der Waals surface area contributed by atoms with Crippen LogP contribution in [0.25, 0.3) is 0 Å². The topological polar surface area (TPSA) is 83.5 Å². The second-order valence-electron chi connectivity index (χ2n) is 3.88. The van der Waals surface area contributed by atoms with Crippen LogP contribution in [0, 0.1) is 5.41 Å². The predicted octanol–water partition coefficient (Wildman–Crippen LogP) is 0.774. The summed E-state index contributed by atoms with van der Waals surface area (Å²) < 4.78 is 22.7. The van der Waals surface area contributed by atoms with Crippen LogP contribution in [0.5, 0.6) is 0 Å². The van der Waals surface area contributed by atoms with Crippen molar-refractivity contribution in [1.29, 1.82) is 0 Å². The van der Waals surface area contributed by atoms with Gasteiger partial charge in [0.1, 0.15) is 0 Å². The molecule has 0 aliphatic heterocycles. The van der Waals surface area contributed by atoms with Gasteiger partial charge in [0, 0.05) is 6.54 Å². The minimum absolute atomic E-state index is 0.186. The van der Waals surface area contributed by atoms with Crippen LogP contribution in [0.1, 0.15) is 39.5 Å². The molecule has 0 amide bonds. The van der Waals surface area contributed by atoms with E-state index >= 15 is 0 Å². The highest BCUT2D eigenvalue weighted by molar-refractivity contribution is 7.70. The van der Waals surface area contributed by atoms with Crippen LogP contribution in [0.15, 0.2) is 0 Å². The van der Waals surface area contributed by atoms with Gasteiger partial charge in [-0.15, -0.1) is 0 Å². The van der Waals surface area contributed by atoms with E-state index in [1.54, 1.807) is 6.92 Å². The van der Waals surface area contributed by atoms with E-state index in [9.17, 15) is 13.2 Å². The Hall–Kier alpha value is -0.620. The molecule has 0 rings (SSSR count). The number of carboxylic acid groups (broad SMARTS) is 1. The monoisotopic (exact) mass is 237 g/mol. The van der Waals surface area contributed by atoms with Gasteiger partial charge in [-0.2, -0.15) is 0 Å². The summed E-state index contributed by atoms with van der Waals surface area (Å²) in [5.74, 6) is -0.862. The zero-order valence-electron chi connectivity index (χ0n) is 9.15. The molecule has 0 heterocycles. The quantitative estimate of drug-likeness (QED) is 0.545. The number of hydrogen-bond donors (Lipinski definition) is 3. The molecule has 90 valence electrons. The number of carboxylic acids is 1. The van der Waals surface area contributed by atoms with E-state index in [0.29, 0.717) is 12.8 Å². The highest BCUT2D eigenvalue weighted by Gasteiger charge is 2.31. The SMILES string of the molecule is CCCCC(C)(CCN[SH](=O)=O)C(=O)O. The van der Waals surface area contributed by atoms with E-state index in [-0.39, 0.29) is 6.54 Å². The lowest BCUT2D eigenvalue weighted by atomic mass is 9.82. The summed E-state index contributed by atoms with van der Waals surface area (Å²) in [4.78, 5) is 11.0. The largest absolute Gasteiger partial charge is 0.481 e. The Morgan fingerprint density at radius 1 is 1.40 bits per heavy atom. The Kier molecular flexibility index (Phi) is 6.51. The maximum Gasteiger partial charge on any atom is 0.309 e. The first kappa shape index (κ1) is 14.4. The van der Waals surface area contributed by atoms with Crippen molar-refractivity contribution in [2.45, 2.75) is 39.5 Å². The van der Waals surface area contributed by atoms with Crippen molar-refractivity contribution in [2.75, 3.05) is 6.54 Å². The van der Waals surface area contributed by atoms with Gasteiger partial charge in [0.05, 0.1) is 5.41 Å². The molecule has 15 heavy (non-hydrogen) atoms. The Bertz CT molecular complexity index is 269. The van der Waals surface area contributed by atoms with Crippen molar-refractivity contribution in [1.82, 2.24) is 4.72 Å². The normalized spacial score (nSPS) is 15.1. The lowest BCUT2D eigenvalue weighted by molar-refractivity contribution is -0.148. The average molecular weight is 237 g/mol. The first-order valence-electron chi connectivity index (χ1n) is 5.03. The zero-order valence-corrected chi connectivity index (χ0v) is 10.0. The van der Waals surface area contributed by atoms with Crippen molar-refractivity contribution in [3.63, 3.8) is 0 Å². The number of hydrogen-bond acceptors (Lipinski definition) is 3. The fourth-order valence-electron chi connectivity index (χ4n) is 1.33. The van der Waals surface area contributed by atoms with Gasteiger partial charge in [-0.05, 0) is 19.8 Å². The summed E-state index contributed by atoms with van der Waals surface area (Å²) in [5.41, 5.74) is -0.825. The van der Waals surface area contributed by atoms with Crippen LogP contribution >= 0.6 is 0 Å². The summed E-state index contributed by atoms with van der Waals surface area (Å²) in [6.45, 7) is 3.84. The van der Waals surface area contributed by atoms with E-state index in [1.165, 1.54) is 0 Å². The second-order valence-corrected chi connectivity index (χ2v) is 4.72. The van der Waals surface area contributed by atoms with Gasteiger partial charge < -0.3 is 5.11 Å². The lowest BCUT2D eigenvalue weighted by Gasteiger charge is -2.24. The molecule has 0 fully saturated rings. The van der Waals surface area contributed by atoms with Crippen LogP contribution in [-0.2, 0) is 15.7 Å². The lowest BCUT2D eigenvalue weighted by Crippen LogP contribution is -2.31. The summed E-state index contributed by atoms with van der Waals surface area (Å²) in [6.07, 6.45) is 2.68. The third kappa shape index (κ3) is 5.74. The fourth-order valence-corrected chi connectivity index (χ4v) is 1.62. The summed E-state index contributed by atoms with van der Waals surface area (Å²) in [7, 11) is -2.63. The van der Waals surface area contributed by atoms with E-state index in [0.717, 1.165) is 12.8 Å². The molecule has 0 spiro atoms. The van der Waals surface area contributed by atoms with Gasteiger partial charge >= 0.3 is 5.97 Å². The molecule has 6 heteroatoms. The van der Waals surface area contributed by atoms with E-state index < -0.39 is 22.3 Å². The van der Waals surface area contributed by atoms with Crippen molar-refractivity contribution in [3.05, 3.63) is 0 Å². The molecule has 5 nitrogen and oxygen atoms in total. The van der Waals surface area contributed by atoms with Crippen LogP contribution in [-0.4, -0.2) is 26.0 Å². The predicted molar refractivity (Wildman–Crippen MR) is 58.2 cm³/mol.